The Morgan fingerprint density at radius 1 is 1.39 bits per heavy atom. The number of anilines is 1. The molecule has 5 heteroatoms. The van der Waals surface area contributed by atoms with Crippen LogP contribution in [0.25, 0.3) is 5.69 Å². The second-order valence-electron chi connectivity index (χ2n) is 4.93. The third kappa shape index (κ3) is 2.20. The lowest BCUT2D eigenvalue weighted by molar-refractivity contribution is 0.333. The fourth-order valence-electron chi connectivity index (χ4n) is 2.25. The predicted octanol–water partition coefficient (Wildman–Crippen LogP) is 2.18. The summed E-state index contributed by atoms with van der Waals surface area (Å²) in [5, 5.41) is 14.7. The van der Waals surface area contributed by atoms with Crippen LogP contribution in [0.1, 0.15) is 24.8 Å². The van der Waals surface area contributed by atoms with Crippen LogP contribution in [0.2, 0.25) is 0 Å². The minimum atomic E-state index is 0.865. The van der Waals surface area contributed by atoms with Crippen LogP contribution in [-0.2, 0) is 0 Å². The molecule has 1 heterocycles. The van der Waals surface area contributed by atoms with Gasteiger partial charge in [-0.25, -0.2) is 4.68 Å². The van der Waals surface area contributed by atoms with Gasteiger partial charge in [-0.3, -0.25) is 0 Å². The summed E-state index contributed by atoms with van der Waals surface area (Å²) in [5.74, 6) is 0.865. The van der Waals surface area contributed by atoms with E-state index in [-0.39, 0.29) is 0 Å². The van der Waals surface area contributed by atoms with Crippen molar-refractivity contribution in [2.24, 2.45) is 5.92 Å². The third-order valence-corrected chi connectivity index (χ3v) is 3.61. The molecule has 1 aliphatic rings. The second-order valence-corrected chi connectivity index (χ2v) is 4.93. The maximum atomic E-state index is 3.91. The molecule has 1 fully saturated rings. The molecule has 3 rings (SSSR count). The average molecular weight is 243 g/mol. The number of aromatic nitrogens is 4. The van der Waals surface area contributed by atoms with Gasteiger partial charge in [0.25, 0.3) is 0 Å². The maximum Gasteiger partial charge on any atom is 0.143 e. The summed E-state index contributed by atoms with van der Waals surface area (Å²) in [4.78, 5) is 0. The van der Waals surface area contributed by atoms with E-state index in [0.717, 1.165) is 18.2 Å². The number of tetrazole rings is 1. The summed E-state index contributed by atoms with van der Waals surface area (Å²) >= 11 is 0. The number of hydrogen-bond donors (Lipinski definition) is 1. The molecule has 0 radical (unpaired) electrons. The molecule has 1 aromatic carbocycles. The van der Waals surface area contributed by atoms with Gasteiger partial charge in [-0.15, -0.1) is 5.10 Å². The second kappa shape index (κ2) is 4.76. The van der Waals surface area contributed by atoms with Gasteiger partial charge in [-0.1, -0.05) is 6.42 Å². The Bertz CT molecular complexity index is 516. The Morgan fingerprint density at radius 3 is 2.89 bits per heavy atom. The van der Waals surface area contributed by atoms with E-state index in [0.29, 0.717) is 0 Å². The number of nitrogens with one attached hydrogen (secondary N) is 1. The van der Waals surface area contributed by atoms with E-state index in [4.69, 9.17) is 0 Å². The fourth-order valence-corrected chi connectivity index (χ4v) is 2.25. The van der Waals surface area contributed by atoms with Crippen molar-refractivity contribution in [2.45, 2.75) is 26.2 Å². The third-order valence-electron chi connectivity index (χ3n) is 3.61. The summed E-state index contributed by atoms with van der Waals surface area (Å²) in [5.41, 5.74) is 3.37. The van der Waals surface area contributed by atoms with Crippen LogP contribution in [0.4, 0.5) is 5.69 Å². The molecule has 18 heavy (non-hydrogen) atoms. The summed E-state index contributed by atoms with van der Waals surface area (Å²) in [6, 6.07) is 6.28. The molecular weight excluding hydrogens is 226 g/mol. The molecule has 0 spiro atoms. The Morgan fingerprint density at radius 2 is 2.28 bits per heavy atom. The highest BCUT2D eigenvalue weighted by Gasteiger charge is 2.16. The van der Waals surface area contributed by atoms with Gasteiger partial charge in [0.1, 0.15) is 6.33 Å². The first-order valence-electron chi connectivity index (χ1n) is 6.41. The molecule has 0 unspecified atom stereocenters. The zero-order valence-electron chi connectivity index (χ0n) is 10.5. The van der Waals surface area contributed by atoms with Crippen molar-refractivity contribution in [2.75, 3.05) is 11.9 Å². The molecule has 1 aromatic heterocycles. The molecular formula is C13H17N5. The largest absolute Gasteiger partial charge is 0.385 e. The Balaban J connectivity index is 1.72. The highest BCUT2D eigenvalue weighted by molar-refractivity contribution is 5.53. The molecule has 1 N–H and O–H groups in total. The lowest BCUT2D eigenvalue weighted by Gasteiger charge is -2.26. The topological polar surface area (TPSA) is 55.6 Å². The monoisotopic (exact) mass is 243 g/mol. The number of rotatable bonds is 4. The van der Waals surface area contributed by atoms with Gasteiger partial charge in [0.15, 0.2) is 0 Å². The van der Waals surface area contributed by atoms with Gasteiger partial charge >= 0.3 is 0 Å². The van der Waals surface area contributed by atoms with E-state index in [1.807, 2.05) is 0 Å². The molecule has 0 amide bonds. The van der Waals surface area contributed by atoms with Crippen molar-refractivity contribution in [3.05, 3.63) is 30.1 Å². The van der Waals surface area contributed by atoms with Gasteiger partial charge in [-0.2, -0.15) is 0 Å². The zero-order valence-corrected chi connectivity index (χ0v) is 10.5. The summed E-state index contributed by atoms with van der Waals surface area (Å²) in [7, 11) is 0. The Kier molecular flexibility index (Phi) is 2.96. The highest BCUT2D eigenvalue weighted by atomic mass is 15.5. The van der Waals surface area contributed by atoms with Crippen LogP contribution in [0.5, 0.6) is 0 Å². The van der Waals surface area contributed by atoms with Gasteiger partial charge in [-0.05, 0) is 59.9 Å². The van der Waals surface area contributed by atoms with Crippen LogP contribution in [0, 0.1) is 12.8 Å². The molecule has 5 nitrogen and oxygen atoms in total. The molecule has 2 aromatic rings. The van der Waals surface area contributed by atoms with Gasteiger partial charge in [0.2, 0.25) is 0 Å². The van der Waals surface area contributed by atoms with E-state index in [2.05, 4.69) is 46.0 Å². The van der Waals surface area contributed by atoms with Crippen LogP contribution in [0.15, 0.2) is 24.5 Å². The molecule has 94 valence electrons. The molecule has 1 saturated carbocycles. The minimum Gasteiger partial charge on any atom is -0.385 e. The van der Waals surface area contributed by atoms with Crippen LogP contribution >= 0.6 is 0 Å². The number of aryl methyl sites for hydroxylation is 1. The Labute approximate surface area is 106 Å². The SMILES string of the molecule is Cc1cc(NCC2CCC2)ccc1-n1cnnn1. The van der Waals surface area contributed by atoms with Crippen LogP contribution in [0.3, 0.4) is 0 Å². The van der Waals surface area contributed by atoms with Crippen molar-refractivity contribution in [3.8, 4) is 5.69 Å². The lowest BCUT2D eigenvalue weighted by atomic mass is 9.85. The highest BCUT2D eigenvalue weighted by Crippen LogP contribution is 2.27. The van der Waals surface area contributed by atoms with E-state index < -0.39 is 0 Å². The summed E-state index contributed by atoms with van der Waals surface area (Å²) in [6.07, 6.45) is 5.75. The first-order valence-corrected chi connectivity index (χ1v) is 6.41. The smallest absolute Gasteiger partial charge is 0.143 e. The Hall–Kier alpha value is -1.91. The lowest BCUT2D eigenvalue weighted by Crippen LogP contribution is -2.20. The van der Waals surface area contributed by atoms with Gasteiger partial charge in [0.05, 0.1) is 5.69 Å². The summed E-state index contributed by atoms with van der Waals surface area (Å²) in [6.45, 7) is 3.16. The first-order chi connectivity index (χ1) is 8.83. The van der Waals surface area contributed by atoms with Crippen molar-refractivity contribution < 1.29 is 0 Å². The molecule has 0 aliphatic heterocycles. The van der Waals surface area contributed by atoms with Crippen LogP contribution in [-0.4, -0.2) is 26.8 Å². The zero-order chi connectivity index (χ0) is 12.4. The molecule has 1 aliphatic carbocycles. The van der Waals surface area contributed by atoms with Crippen molar-refractivity contribution in [1.82, 2.24) is 20.2 Å². The number of benzene rings is 1. The van der Waals surface area contributed by atoms with E-state index in [1.54, 1.807) is 11.0 Å². The fraction of sp³-hybridized carbons (Fsp3) is 0.462. The minimum absolute atomic E-state index is 0.865. The van der Waals surface area contributed by atoms with E-state index in [1.165, 1.54) is 30.5 Å². The quantitative estimate of drug-likeness (QED) is 0.894. The summed E-state index contributed by atoms with van der Waals surface area (Å²) < 4.78 is 1.69. The predicted molar refractivity (Wildman–Crippen MR) is 69.7 cm³/mol. The average Bonchev–Trinajstić information content (AvgIpc) is 2.80. The molecule has 0 bridgehead atoms. The van der Waals surface area contributed by atoms with Gasteiger partial charge in [0, 0.05) is 12.2 Å². The normalized spacial score (nSPS) is 15.4. The van der Waals surface area contributed by atoms with Crippen molar-refractivity contribution >= 4 is 5.69 Å². The standard InChI is InChI=1S/C13H17N5/c1-10-7-12(14-8-11-3-2-4-11)5-6-13(10)18-9-15-16-17-18/h5-7,9,11,14H,2-4,8H2,1H3. The van der Waals surface area contributed by atoms with Crippen LogP contribution < -0.4 is 5.32 Å². The number of nitrogens with zero attached hydrogens (tertiary/aromatic N) is 4. The first kappa shape index (κ1) is 11.2. The van der Waals surface area contributed by atoms with E-state index >= 15 is 0 Å². The van der Waals surface area contributed by atoms with Crippen molar-refractivity contribution in [1.29, 1.82) is 0 Å². The van der Waals surface area contributed by atoms with Crippen molar-refractivity contribution in [3.63, 3.8) is 0 Å². The number of hydrogen-bond acceptors (Lipinski definition) is 4. The maximum absolute atomic E-state index is 3.91. The molecule has 0 atom stereocenters. The van der Waals surface area contributed by atoms with E-state index in [9.17, 15) is 0 Å². The van der Waals surface area contributed by atoms with Gasteiger partial charge < -0.3 is 5.32 Å². The molecule has 0 saturated heterocycles.